The first-order valence-electron chi connectivity index (χ1n) is 7.47. The van der Waals surface area contributed by atoms with Crippen molar-refractivity contribution in [2.45, 2.75) is 39.7 Å². The minimum absolute atomic E-state index is 0.0158. The molecule has 3 amide bonds. The molecule has 1 saturated heterocycles. The van der Waals surface area contributed by atoms with Crippen LogP contribution in [-0.2, 0) is 14.4 Å². The van der Waals surface area contributed by atoms with Crippen molar-refractivity contribution in [3.05, 3.63) is 0 Å². The lowest BCUT2D eigenvalue weighted by molar-refractivity contribution is -0.139. The van der Waals surface area contributed by atoms with Crippen molar-refractivity contribution in [2.24, 2.45) is 5.41 Å². The summed E-state index contributed by atoms with van der Waals surface area (Å²) in [7, 11) is 3.37. The molecule has 22 heavy (non-hydrogen) atoms. The van der Waals surface area contributed by atoms with Gasteiger partial charge in [-0.05, 0) is 5.41 Å². The average molecular weight is 329 g/mol. The zero-order valence-corrected chi connectivity index (χ0v) is 15.0. The standard InChI is InChI=1S/C15H27N3O3S/c1-15(2,3)8-13(20)18-10-22-9-11(18)14(21)16-7-6-12(19)17(4)5/h11H,6-10H2,1-5H3,(H,16,21)/t11-/m1/s1. The summed E-state index contributed by atoms with van der Waals surface area (Å²) < 4.78 is 0. The molecule has 1 heterocycles. The minimum Gasteiger partial charge on any atom is -0.354 e. The Labute approximate surface area is 137 Å². The molecule has 1 rings (SSSR count). The van der Waals surface area contributed by atoms with Crippen LogP contribution in [0, 0.1) is 5.41 Å². The highest BCUT2D eigenvalue weighted by atomic mass is 32.2. The van der Waals surface area contributed by atoms with E-state index in [-0.39, 0.29) is 29.6 Å². The molecule has 1 N–H and O–H groups in total. The van der Waals surface area contributed by atoms with Gasteiger partial charge in [0.05, 0.1) is 5.88 Å². The molecule has 0 aromatic heterocycles. The predicted octanol–water partition coefficient (Wildman–Crippen LogP) is 0.919. The Morgan fingerprint density at radius 2 is 1.91 bits per heavy atom. The zero-order valence-electron chi connectivity index (χ0n) is 14.1. The van der Waals surface area contributed by atoms with E-state index < -0.39 is 6.04 Å². The van der Waals surface area contributed by atoms with Crippen LogP contribution in [0.3, 0.4) is 0 Å². The van der Waals surface area contributed by atoms with Crippen molar-refractivity contribution < 1.29 is 14.4 Å². The van der Waals surface area contributed by atoms with Crippen LogP contribution in [-0.4, -0.2) is 65.8 Å². The van der Waals surface area contributed by atoms with Gasteiger partial charge in [-0.2, -0.15) is 0 Å². The van der Waals surface area contributed by atoms with E-state index in [1.54, 1.807) is 30.8 Å². The zero-order chi connectivity index (χ0) is 16.9. The van der Waals surface area contributed by atoms with Crippen molar-refractivity contribution in [1.82, 2.24) is 15.1 Å². The highest BCUT2D eigenvalue weighted by molar-refractivity contribution is 7.99. The van der Waals surface area contributed by atoms with Crippen molar-refractivity contribution in [3.63, 3.8) is 0 Å². The summed E-state index contributed by atoms with van der Waals surface area (Å²) in [6.45, 7) is 6.33. The molecule has 0 aromatic carbocycles. The van der Waals surface area contributed by atoms with Crippen LogP contribution in [0.4, 0.5) is 0 Å². The monoisotopic (exact) mass is 329 g/mol. The Balaban J connectivity index is 2.50. The van der Waals surface area contributed by atoms with Crippen LogP contribution in [0.15, 0.2) is 0 Å². The number of carbonyl (C=O) groups excluding carboxylic acids is 3. The second-order valence-corrected chi connectivity index (χ2v) is 7.95. The molecular weight excluding hydrogens is 302 g/mol. The van der Waals surface area contributed by atoms with Crippen molar-refractivity contribution >= 4 is 29.5 Å². The second-order valence-electron chi connectivity index (χ2n) is 6.95. The molecule has 6 nitrogen and oxygen atoms in total. The molecule has 1 aliphatic heterocycles. The number of nitrogens with one attached hydrogen (secondary N) is 1. The Bertz CT molecular complexity index is 432. The molecule has 0 bridgehead atoms. The van der Waals surface area contributed by atoms with Crippen LogP contribution in [0.2, 0.25) is 0 Å². The molecule has 0 unspecified atom stereocenters. The summed E-state index contributed by atoms with van der Waals surface area (Å²) in [6.07, 6.45) is 0.699. The number of thioether (sulfide) groups is 1. The number of hydrogen-bond donors (Lipinski definition) is 1. The number of rotatable bonds is 5. The van der Waals surface area contributed by atoms with Gasteiger partial charge in [0.15, 0.2) is 0 Å². The molecule has 0 aromatic rings. The second kappa shape index (κ2) is 7.85. The molecule has 1 aliphatic rings. The molecule has 0 aliphatic carbocycles. The van der Waals surface area contributed by atoms with E-state index in [0.29, 0.717) is 24.6 Å². The fraction of sp³-hybridized carbons (Fsp3) is 0.800. The highest BCUT2D eigenvalue weighted by Crippen LogP contribution is 2.26. The maximum absolute atomic E-state index is 12.3. The van der Waals surface area contributed by atoms with Gasteiger partial charge < -0.3 is 15.1 Å². The maximum atomic E-state index is 12.3. The van der Waals surface area contributed by atoms with Gasteiger partial charge in [0, 0.05) is 39.2 Å². The highest BCUT2D eigenvalue weighted by Gasteiger charge is 2.35. The Morgan fingerprint density at radius 3 is 2.45 bits per heavy atom. The van der Waals surface area contributed by atoms with E-state index in [1.165, 1.54) is 4.90 Å². The lowest BCUT2D eigenvalue weighted by Crippen LogP contribution is -2.48. The summed E-state index contributed by atoms with van der Waals surface area (Å²) >= 11 is 1.59. The summed E-state index contributed by atoms with van der Waals surface area (Å²) in [6, 6.07) is -0.422. The number of carbonyl (C=O) groups is 3. The molecule has 126 valence electrons. The van der Waals surface area contributed by atoms with Gasteiger partial charge in [-0.15, -0.1) is 11.8 Å². The molecular formula is C15H27N3O3S. The Kier molecular flexibility index (Phi) is 6.71. The smallest absolute Gasteiger partial charge is 0.243 e. The first-order chi connectivity index (χ1) is 10.1. The summed E-state index contributed by atoms with van der Waals surface area (Å²) in [5.74, 6) is 0.995. The molecule has 0 saturated carbocycles. The van der Waals surface area contributed by atoms with Crippen LogP contribution < -0.4 is 5.32 Å². The van der Waals surface area contributed by atoms with Gasteiger partial charge in [-0.1, -0.05) is 20.8 Å². The van der Waals surface area contributed by atoms with E-state index in [0.717, 1.165) is 0 Å². The predicted molar refractivity (Wildman–Crippen MR) is 88.4 cm³/mol. The molecule has 0 radical (unpaired) electrons. The first kappa shape index (κ1) is 18.8. The number of amides is 3. The largest absolute Gasteiger partial charge is 0.354 e. The van der Waals surface area contributed by atoms with Gasteiger partial charge in [-0.25, -0.2) is 0 Å². The average Bonchev–Trinajstić information content (AvgIpc) is 2.85. The topological polar surface area (TPSA) is 69.7 Å². The van der Waals surface area contributed by atoms with E-state index in [1.807, 2.05) is 20.8 Å². The first-order valence-corrected chi connectivity index (χ1v) is 8.62. The lowest BCUT2D eigenvalue weighted by Gasteiger charge is -2.26. The minimum atomic E-state index is -0.422. The number of nitrogens with zero attached hydrogens (tertiary/aromatic N) is 2. The lowest BCUT2D eigenvalue weighted by atomic mass is 9.91. The summed E-state index contributed by atoms with van der Waals surface area (Å²) in [4.78, 5) is 39.2. The molecule has 7 heteroatoms. The number of hydrogen-bond acceptors (Lipinski definition) is 4. The molecule has 0 spiro atoms. The maximum Gasteiger partial charge on any atom is 0.243 e. The molecule has 1 fully saturated rings. The van der Waals surface area contributed by atoms with Crippen LogP contribution in [0.5, 0.6) is 0 Å². The van der Waals surface area contributed by atoms with Gasteiger partial charge in [-0.3, -0.25) is 14.4 Å². The third-order valence-electron chi connectivity index (χ3n) is 3.32. The normalized spacial score (nSPS) is 18.2. The fourth-order valence-electron chi connectivity index (χ4n) is 2.09. The van der Waals surface area contributed by atoms with Gasteiger partial charge in [0.1, 0.15) is 6.04 Å². The summed E-state index contributed by atoms with van der Waals surface area (Å²) in [5.41, 5.74) is -0.0938. The van der Waals surface area contributed by atoms with Gasteiger partial charge >= 0.3 is 0 Å². The molecule has 1 atom stereocenters. The summed E-state index contributed by atoms with van der Waals surface area (Å²) in [5, 5.41) is 2.76. The van der Waals surface area contributed by atoms with Gasteiger partial charge in [0.25, 0.3) is 0 Å². The van der Waals surface area contributed by atoms with E-state index in [2.05, 4.69) is 5.32 Å². The van der Waals surface area contributed by atoms with Crippen molar-refractivity contribution in [1.29, 1.82) is 0 Å². The third kappa shape index (κ3) is 5.87. The SMILES string of the molecule is CN(C)C(=O)CCNC(=O)[C@H]1CSCN1C(=O)CC(C)(C)C. The van der Waals surface area contributed by atoms with Crippen LogP contribution >= 0.6 is 11.8 Å². The van der Waals surface area contributed by atoms with Crippen molar-refractivity contribution in [2.75, 3.05) is 32.3 Å². The van der Waals surface area contributed by atoms with Crippen LogP contribution in [0.1, 0.15) is 33.6 Å². The Hall–Kier alpha value is -1.24. The quantitative estimate of drug-likeness (QED) is 0.814. The van der Waals surface area contributed by atoms with Crippen molar-refractivity contribution in [3.8, 4) is 0 Å². The third-order valence-corrected chi connectivity index (χ3v) is 4.34. The van der Waals surface area contributed by atoms with E-state index >= 15 is 0 Å². The van der Waals surface area contributed by atoms with Gasteiger partial charge in [0.2, 0.25) is 17.7 Å². The van der Waals surface area contributed by atoms with E-state index in [9.17, 15) is 14.4 Å². The fourth-order valence-corrected chi connectivity index (χ4v) is 3.28. The van der Waals surface area contributed by atoms with E-state index in [4.69, 9.17) is 0 Å². The Morgan fingerprint density at radius 1 is 1.27 bits per heavy atom. The van der Waals surface area contributed by atoms with Crippen LogP contribution in [0.25, 0.3) is 0 Å².